The molecule has 19 heavy (non-hydrogen) atoms. The second-order valence-electron chi connectivity index (χ2n) is 5.51. The predicted octanol–water partition coefficient (Wildman–Crippen LogP) is 2.36. The number of ether oxygens (including phenoxy) is 1. The maximum absolute atomic E-state index is 5.54. The topological polar surface area (TPSA) is 39.1 Å². The minimum atomic E-state index is 0.301. The van der Waals surface area contributed by atoms with Crippen molar-refractivity contribution in [2.75, 3.05) is 19.8 Å². The van der Waals surface area contributed by atoms with Crippen LogP contribution >= 0.6 is 0 Å². The molecule has 1 aromatic heterocycles. The summed E-state index contributed by atoms with van der Waals surface area (Å²) in [6.45, 7) is 6.84. The van der Waals surface area contributed by atoms with Crippen LogP contribution in [0.1, 0.15) is 37.2 Å². The fourth-order valence-corrected chi connectivity index (χ4v) is 2.74. The third kappa shape index (κ3) is 2.26. The Kier molecular flexibility index (Phi) is 3.29. The monoisotopic (exact) mass is 259 g/mol. The number of nitrogens with zero attached hydrogens (tertiary/aromatic N) is 2. The molecular weight excluding hydrogens is 238 g/mol. The lowest BCUT2D eigenvalue weighted by atomic mass is 10.1. The molecule has 1 N–H and O–H groups in total. The number of fused-ring (bicyclic) bond motifs is 1. The van der Waals surface area contributed by atoms with Crippen molar-refractivity contribution in [3.05, 3.63) is 29.6 Å². The molecule has 4 heteroatoms. The Balaban J connectivity index is 2.02. The van der Waals surface area contributed by atoms with Gasteiger partial charge in [0.05, 0.1) is 30.3 Å². The van der Waals surface area contributed by atoms with E-state index in [9.17, 15) is 0 Å². The molecule has 1 aromatic carbocycles. The molecule has 3 rings (SSSR count). The molecule has 0 radical (unpaired) electrons. The fraction of sp³-hybridized carbons (Fsp3) is 0.533. The minimum Gasteiger partial charge on any atom is -0.378 e. The molecule has 0 amide bonds. The molecule has 1 fully saturated rings. The summed E-state index contributed by atoms with van der Waals surface area (Å²) in [5.74, 6) is 1.58. The summed E-state index contributed by atoms with van der Waals surface area (Å²) >= 11 is 0. The van der Waals surface area contributed by atoms with Gasteiger partial charge in [-0.3, -0.25) is 0 Å². The molecule has 1 atom stereocenters. The fourth-order valence-electron chi connectivity index (χ4n) is 2.74. The van der Waals surface area contributed by atoms with E-state index in [2.05, 4.69) is 49.0 Å². The molecule has 1 unspecified atom stereocenters. The average Bonchev–Trinajstić information content (AvgIpc) is 2.77. The number of benzene rings is 1. The van der Waals surface area contributed by atoms with Crippen LogP contribution in [-0.4, -0.2) is 29.3 Å². The number of hydrogen-bond acceptors (Lipinski definition) is 3. The number of aromatic nitrogens is 2. The van der Waals surface area contributed by atoms with Gasteiger partial charge in [-0.05, 0) is 17.7 Å². The number of imidazole rings is 1. The summed E-state index contributed by atoms with van der Waals surface area (Å²) < 4.78 is 7.74. The maximum Gasteiger partial charge on any atom is 0.112 e. The van der Waals surface area contributed by atoms with Crippen LogP contribution in [-0.2, 0) is 11.8 Å². The smallest absolute Gasteiger partial charge is 0.112 e. The zero-order valence-corrected chi connectivity index (χ0v) is 11.8. The van der Waals surface area contributed by atoms with Crippen LogP contribution in [0.25, 0.3) is 11.0 Å². The molecule has 0 spiro atoms. The third-order valence-electron chi connectivity index (χ3n) is 3.78. The van der Waals surface area contributed by atoms with Crippen LogP contribution in [0.15, 0.2) is 18.2 Å². The lowest BCUT2D eigenvalue weighted by Crippen LogP contribution is -2.34. The molecule has 2 aromatic rings. The largest absolute Gasteiger partial charge is 0.378 e. The van der Waals surface area contributed by atoms with Crippen molar-refractivity contribution >= 4 is 11.0 Å². The van der Waals surface area contributed by atoms with E-state index >= 15 is 0 Å². The number of rotatable bonds is 2. The van der Waals surface area contributed by atoms with Gasteiger partial charge in [-0.25, -0.2) is 4.98 Å². The van der Waals surface area contributed by atoms with Crippen molar-refractivity contribution in [1.29, 1.82) is 0 Å². The van der Waals surface area contributed by atoms with Gasteiger partial charge in [0.15, 0.2) is 0 Å². The molecule has 102 valence electrons. The van der Waals surface area contributed by atoms with Gasteiger partial charge in [-0.15, -0.1) is 0 Å². The second kappa shape index (κ2) is 4.94. The summed E-state index contributed by atoms with van der Waals surface area (Å²) in [5.41, 5.74) is 3.56. The molecular formula is C15H21N3O. The van der Waals surface area contributed by atoms with Crippen molar-refractivity contribution < 1.29 is 4.74 Å². The van der Waals surface area contributed by atoms with Gasteiger partial charge in [0.1, 0.15) is 5.82 Å². The highest BCUT2D eigenvalue weighted by Gasteiger charge is 2.17. The standard InChI is InChI=1S/C15H21N3O/c1-10(2)15-17-12-5-4-11(8-14(12)18(15)3)13-9-19-7-6-16-13/h4-5,8,10,13,16H,6-7,9H2,1-3H3. The Labute approximate surface area is 113 Å². The zero-order valence-electron chi connectivity index (χ0n) is 11.8. The van der Waals surface area contributed by atoms with E-state index in [4.69, 9.17) is 9.72 Å². The van der Waals surface area contributed by atoms with E-state index in [1.54, 1.807) is 0 Å². The molecule has 0 saturated carbocycles. The first-order valence-electron chi connectivity index (χ1n) is 6.94. The first-order chi connectivity index (χ1) is 9.16. The van der Waals surface area contributed by atoms with Crippen molar-refractivity contribution in [2.24, 2.45) is 7.05 Å². The number of nitrogens with one attached hydrogen (secondary N) is 1. The van der Waals surface area contributed by atoms with Crippen LogP contribution in [0, 0.1) is 0 Å². The summed E-state index contributed by atoms with van der Waals surface area (Å²) in [5, 5.41) is 3.49. The van der Waals surface area contributed by atoms with Gasteiger partial charge >= 0.3 is 0 Å². The number of aryl methyl sites for hydroxylation is 1. The van der Waals surface area contributed by atoms with Crippen LogP contribution in [0.3, 0.4) is 0 Å². The summed E-state index contributed by atoms with van der Waals surface area (Å²) in [6.07, 6.45) is 0. The van der Waals surface area contributed by atoms with E-state index in [1.165, 1.54) is 11.1 Å². The van der Waals surface area contributed by atoms with Crippen molar-refractivity contribution in [1.82, 2.24) is 14.9 Å². The van der Waals surface area contributed by atoms with Crippen molar-refractivity contribution in [3.8, 4) is 0 Å². The van der Waals surface area contributed by atoms with E-state index in [0.717, 1.165) is 31.1 Å². The van der Waals surface area contributed by atoms with Crippen LogP contribution < -0.4 is 5.32 Å². The molecule has 2 heterocycles. The van der Waals surface area contributed by atoms with Crippen molar-refractivity contribution in [3.63, 3.8) is 0 Å². The highest BCUT2D eigenvalue weighted by Crippen LogP contribution is 2.24. The highest BCUT2D eigenvalue weighted by molar-refractivity contribution is 5.77. The van der Waals surface area contributed by atoms with Gasteiger partial charge in [0.2, 0.25) is 0 Å². The maximum atomic E-state index is 5.54. The third-order valence-corrected chi connectivity index (χ3v) is 3.78. The molecule has 1 saturated heterocycles. The first kappa shape index (κ1) is 12.6. The quantitative estimate of drug-likeness (QED) is 0.900. The Morgan fingerprint density at radius 2 is 2.26 bits per heavy atom. The summed E-state index contributed by atoms with van der Waals surface area (Å²) in [6, 6.07) is 6.81. The lowest BCUT2D eigenvalue weighted by Gasteiger charge is -2.24. The lowest BCUT2D eigenvalue weighted by molar-refractivity contribution is 0.0769. The van der Waals surface area contributed by atoms with Gasteiger partial charge in [0.25, 0.3) is 0 Å². The van der Waals surface area contributed by atoms with Gasteiger partial charge in [-0.1, -0.05) is 19.9 Å². The van der Waals surface area contributed by atoms with Gasteiger partial charge < -0.3 is 14.6 Å². The molecule has 1 aliphatic heterocycles. The van der Waals surface area contributed by atoms with Crippen LogP contribution in [0.5, 0.6) is 0 Å². The van der Waals surface area contributed by atoms with E-state index in [1.807, 2.05) is 0 Å². The Morgan fingerprint density at radius 3 is 2.95 bits per heavy atom. The minimum absolute atomic E-state index is 0.301. The molecule has 0 aliphatic carbocycles. The second-order valence-corrected chi connectivity index (χ2v) is 5.51. The summed E-state index contributed by atoms with van der Waals surface area (Å²) in [4.78, 5) is 4.71. The highest BCUT2D eigenvalue weighted by atomic mass is 16.5. The molecule has 1 aliphatic rings. The Morgan fingerprint density at radius 1 is 1.42 bits per heavy atom. The van der Waals surface area contributed by atoms with E-state index < -0.39 is 0 Å². The van der Waals surface area contributed by atoms with Crippen LogP contribution in [0.2, 0.25) is 0 Å². The van der Waals surface area contributed by atoms with Gasteiger partial charge in [-0.2, -0.15) is 0 Å². The first-order valence-corrected chi connectivity index (χ1v) is 6.94. The molecule has 4 nitrogen and oxygen atoms in total. The van der Waals surface area contributed by atoms with Crippen molar-refractivity contribution in [2.45, 2.75) is 25.8 Å². The Hall–Kier alpha value is -1.39. The van der Waals surface area contributed by atoms with Gasteiger partial charge in [0, 0.05) is 19.5 Å². The van der Waals surface area contributed by atoms with Crippen LogP contribution in [0.4, 0.5) is 0 Å². The van der Waals surface area contributed by atoms with E-state index in [0.29, 0.717) is 12.0 Å². The SMILES string of the molecule is CC(C)c1nc2ccc(C3COCCN3)cc2n1C. The molecule has 0 bridgehead atoms. The number of morpholine rings is 1. The normalized spacial score (nSPS) is 20.3. The summed E-state index contributed by atoms with van der Waals surface area (Å²) in [7, 11) is 2.10. The van der Waals surface area contributed by atoms with E-state index in [-0.39, 0.29) is 0 Å². The average molecular weight is 259 g/mol. The predicted molar refractivity (Wildman–Crippen MR) is 76.4 cm³/mol. The zero-order chi connectivity index (χ0) is 13.4. The Bertz CT molecular complexity index is 582. The number of hydrogen-bond donors (Lipinski definition) is 1.